The number of carbonyl (C=O) groups is 2. The Morgan fingerprint density at radius 1 is 0.800 bits per heavy atom. The molecule has 3 aromatic carbocycles. The molecule has 2 saturated heterocycles. The number of esters is 2. The molecule has 1 N–H and O–H groups in total. The van der Waals surface area contributed by atoms with Crippen LogP contribution in [-0.4, -0.2) is 61.5 Å². The highest BCUT2D eigenvalue weighted by Crippen LogP contribution is 2.51. The Bertz CT molecular complexity index is 1290. The number of methoxy groups -OCH3 is 2. The number of ether oxygens (including phenoxy) is 6. The van der Waals surface area contributed by atoms with Gasteiger partial charge in [-0.25, -0.2) is 0 Å². The van der Waals surface area contributed by atoms with Gasteiger partial charge in [0, 0.05) is 20.3 Å². The highest BCUT2D eigenvalue weighted by molar-refractivity contribution is 5.67. The lowest BCUT2D eigenvalue weighted by atomic mass is 9.79. The minimum absolute atomic E-state index is 0.161. The average molecular weight is 549 g/mol. The first-order valence-corrected chi connectivity index (χ1v) is 13.0. The van der Waals surface area contributed by atoms with Gasteiger partial charge in [0.2, 0.25) is 5.79 Å². The van der Waals surface area contributed by atoms with Gasteiger partial charge >= 0.3 is 11.9 Å². The van der Waals surface area contributed by atoms with Crippen molar-refractivity contribution in [2.24, 2.45) is 0 Å². The van der Waals surface area contributed by atoms with Gasteiger partial charge in [-0.15, -0.1) is 0 Å². The Morgan fingerprint density at radius 2 is 1.30 bits per heavy atom. The molecule has 9 heteroatoms. The van der Waals surface area contributed by atoms with Crippen molar-refractivity contribution in [1.82, 2.24) is 0 Å². The number of rotatable bonds is 9. The van der Waals surface area contributed by atoms with E-state index >= 15 is 0 Å². The smallest absolute Gasteiger partial charge is 0.303 e. The van der Waals surface area contributed by atoms with E-state index < -0.39 is 47.7 Å². The van der Waals surface area contributed by atoms with Crippen LogP contribution < -0.4 is 9.47 Å². The van der Waals surface area contributed by atoms with Gasteiger partial charge in [0.1, 0.15) is 23.2 Å². The molecule has 0 aromatic heterocycles. The molecule has 2 fully saturated rings. The number of aliphatic hydroxyl groups is 1. The van der Waals surface area contributed by atoms with Crippen molar-refractivity contribution in [2.75, 3.05) is 14.2 Å². The maximum Gasteiger partial charge on any atom is 0.303 e. The van der Waals surface area contributed by atoms with Gasteiger partial charge in [-0.3, -0.25) is 9.59 Å². The van der Waals surface area contributed by atoms with E-state index in [1.165, 1.54) is 13.8 Å². The van der Waals surface area contributed by atoms with E-state index in [1.807, 2.05) is 78.9 Å². The minimum atomic E-state index is -2.07. The van der Waals surface area contributed by atoms with Gasteiger partial charge in [0.15, 0.2) is 12.2 Å². The van der Waals surface area contributed by atoms with Crippen molar-refractivity contribution < 1.29 is 43.1 Å². The van der Waals surface area contributed by atoms with Crippen LogP contribution in [0.25, 0.3) is 0 Å². The third-order valence-electron chi connectivity index (χ3n) is 7.41. The highest BCUT2D eigenvalue weighted by Gasteiger charge is 2.69. The molecule has 0 radical (unpaired) electrons. The van der Waals surface area contributed by atoms with Gasteiger partial charge in [0.05, 0.1) is 20.3 Å². The monoisotopic (exact) mass is 548 g/mol. The first-order chi connectivity index (χ1) is 19.2. The van der Waals surface area contributed by atoms with Crippen LogP contribution in [-0.2, 0) is 34.1 Å². The van der Waals surface area contributed by atoms with Crippen LogP contribution in [0.3, 0.4) is 0 Å². The molecule has 3 aromatic rings. The molecule has 5 atom stereocenters. The van der Waals surface area contributed by atoms with E-state index in [2.05, 4.69) is 0 Å². The van der Waals surface area contributed by atoms with E-state index in [-0.39, 0.29) is 6.42 Å². The number of carbonyl (C=O) groups excluding carboxylic acids is 2. The fraction of sp³-hybridized carbons (Fsp3) is 0.355. The third kappa shape index (κ3) is 4.81. The van der Waals surface area contributed by atoms with Crippen molar-refractivity contribution in [1.29, 1.82) is 0 Å². The van der Waals surface area contributed by atoms with Gasteiger partial charge in [-0.1, -0.05) is 54.6 Å². The summed E-state index contributed by atoms with van der Waals surface area (Å²) in [6, 6.07) is 24.6. The van der Waals surface area contributed by atoms with E-state index in [4.69, 9.17) is 28.4 Å². The molecule has 0 saturated carbocycles. The zero-order chi connectivity index (χ0) is 28.5. The lowest BCUT2D eigenvalue weighted by Gasteiger charge is -2.43. The molecule has 40 heavy (non-hydrogen) atoms. The SMILES string of the molecule is COc1ccc(C(O[C@H]2[C@@H]3C[C@@H](OC(C)=O)[C@@](O)(O3)[C@H]2OC(C)=O)(c2ccccc2)c2ccc(OC)cc2)cc1. The second kappa shape index (κ2) is 10.9. The van der Waals surface area contributed by atoms with Gasteiger partial charge < -0.3 is 33.5 Å². The summed E-state index contributed by atoms with van der Waals surface area (Å²) >= 11 is 0. The van der Waals surface area contributed by atoms with Crippen molar-refractivity contribution in [3.63, 3.8) is 0 Å². The first-order valence-electron chi connectivity index (χ1n) is 13.0. The lowest BCUT2D eigenvalue weighted by Crippen LogP contribution is -2.58. The summed E-state index contributed by atoms with van der Waals surface area (Å²) in [5, 5.41) is 11.6. The molecule has 210 valence electrons. The Balaban J connectivity index is 1.68. The Hall–Kier alpha value is -3.92. The average Bonchev–Trinajstić information content (AvgIpc) is 3.41. The highest BCUT2D eigenvalue weighted by atomic mass is 16.7. The van der Waals surface area contributed by atoms with Crippen molar-refractivity contribution in [3.8, 4) is 11.5 Å². The quantitative estimate of drug-likeness (QED) is 0.316. The molecule has 2 bridgehead atoms. The number of hydrogen-bond donors (Lipinski definition) is 1. The van der Waals surface area contributed by atoms with Gasteiger partial charge in [-0.2, -0.15) is 0 Å². The molecule has 0 aliphatic carbocycles. The van der Waals surface area contributed by atoms with E-state index in [0.717, 1.165) is 16.7 Å². The van der Waals surface area contributed by atoms with Gasteiger partial charge in [-0.05, 0) is 41.0 Å². The Labute approximate surface area is 232 Å². The second-order valence-electron chi connectivity index (χ2n) is 9.86. The van der Waals surface area contributed by atoms with Crippen molar-refractivity contribution >= 4 is 11.9 Å². The van der Waals surface area contributed by atoms with Crippen molar-refractivity contribution in [2.45, 2.75) is 56.1 Å². The van der Waals surface area contributed by atoms with Crippen LogP contribution in [0.2, 0.25) is 0 Å². The first kappa shape index (κ1) is 27.6. The maximum absolute atomic E-state index is 12.2. The molecule has 5 rings (SSSR count). The van der Waals surface area contributed by atoms with Crippen LogP contribution >= 0.6 is 0 Å². The summed E-state index contributed by atoms with van der Waals surface area (Å²) in [4.78, 5) is 24.0. The summed E-state index contributed by atoms with van der Waals surface area (Å²) in [5.74, 6) is -1.96. The second-order valence-corrected chi connectivity index (χ2v) is 9.86. The predicted octanol–water partition coefficient (Wildman–Crippen LogP) is 3.74. The lowest BCUT2D eigenvalue weighted by molar-refractivity contribution is -0.258. The summed E-state index contributed by atoms with van der Waals surface area (Å²) in [5.41, 5.74) is 1.07. The molecule has 9 nitrogen and oxygen atoms in total. The summed E-state index contributed by atoms with van der Waals surface area (Å²) in [6.45, 7) is 2.49. The van der Waals surface area contributed by atoms with E-state index in [9.17, 15) is 14.7 Å². The number of benzene rings is 3. The van der Waals surface area contributed by atoms with Crippen LogP contribution in [0, 0.1) is 0 Å². The summed E-state index contributed by atoms with van der Waals surface area (Å²) in [6.07, 6.45) is -3.79. The molecule has 0 unspecified atom stereocenters. The predicted molar refractivity (Wildman–Crippen MR) is 143 cm³/mol. The van der Waals surface area contributed by atoms with Crippen LogP contribution in [0.5, 0.6) is 11.5 Å². The number of fused-ring (bicyclic) bond motifs is 2. The van der Waals surface area contributed by atoms with Gasteiger partial charge in [0.25, 0.3) is 0 Å². The largest absolute Gasteiger partial charge is 0.497 e. The topological polar surface area (TPSA) is 110 Å². The summed E-state index contributed by atoms with van der Waals surface area (Å²) in [7, 11) is 3.19. The number of hydrogen-bond acceptors (Lipinski definition) is 9. The third-order valence-corrected chi connectivity index (χ3v) is 7.41. The Morgan fingerprint density at radius 3 is 1.77 bits per heavy atom. The summed E-state index contributed by atoms with van der Waals surface area (Å²) < 4.78 is 34.8. The molecule has 0 amide bonds. The standard InChI is InChI=1S/C31H32O9/c1-19(32)37-27-18-26-28(29(38-20(2)33)31(27,34)39-26)40-30(21-8-6-5-7-9-21,22-10-14-24(35-3)15-11-22)23-12-16-25(36-4)17-13-23/h5-17,26-29,34H,18H2,1-4H3/t26-,27+,28-,29-,31+/m0/s1. The molecule has 2 aliphatic heterocycles. The van der Waals surface area contributed by atoms with Crippen molar-refractivity contribution in [3.05, 3.63) is 95.6 Å². The molecule has 2 aliphatic rings. The molecule has 0 spiro atoms. The van der Waals surface area contributed by atoms with Crippen LogP contribution in [0.4, 0.5) is 0 Å². The molecular weight excluding hydrogens is 516 g/mol. The van der Waals surface area contributed by atoms with E-state index in [1.54, 1.807) is 14.2 Å². The van der Waals surface area contributed by atoms with Crippen LogP contribution in [0.1, 0.15) is 37.0 Å². The Kier molecular flexibility index (Phi) is 7.55. The minimum Gasteiger partial charge on any atom is -0.497 e. The zero-order valence-corrected chi connectivity index (χ0v) is 22.7. The fourth-order valence-corrected chi connectivity index (χ4v) is 5.66. The molecular formula is C31H32O9. The maximum atomic E-state index is 12.2. The zero-order valence-electron chi connectivity index (χ0n) is 22.7. The molecule has 2 heterocycles. The van der Waals surface area contributed by atoms with E-state index in [0.29, 0.717) is 11.5 Å². The fourth-order valence-electron chi connectivity index (χ4n) is 5.66. The van der Waals surface area contributed by atoms with Crippen LogP contribution in [0.15, 0.2) is 78.9 Å². The normalized spacial score (nSPS) is 25.3.